The molecule has 9 nitrogen and oxygen atoms in total. The summed E-state index contributed by atoms with van der Waals surface area (Å²) in [5.74, 6) is -0.481. The number of allylic oxidation sites excluding steroid dienone is 3. The normalized spacial score (nSPS) is 13.6. The first-order valence-corrected chi connectivity index (χ1v) is 38.7. The van der Waals surface area contributed by atoms with Crippen LogP contribution in [0.4, 0.5) is 0 Å². The molecule has 1 amide bonds. The van der Waals surface area contributed by atoms with Crippen LogP contribution in [0.3, 0.4) is 0 Å². The lowest BCUT2D eigenvalue weighted by Crippen LogP contribution is -2.47. The van der Waals surface area contributed by atoms with E-state index in [9.17, 15) is 19.0 Å². The summed E-state index contributed by atoms with van der Waals surface area (Å²) in [6.45, 7) is 7.08. The molecule has 3 unspecified atom stereocenters. The van der Waals surface area contributed by atoms with Crippen molar-refractivity contribution >= 4 is 19.7 Å². The molecular weight excluding hydrogens is 1060 g/mol. The smallest absolute Gasteiger partial charge is 0.456 e. The topological polar surface area (TPSA) is 111 Å². The summed E-state index contributed by atoms with van der Waals surface area (Å²) in [5, 5.41) is 3.08. The Kier molecular flexibility index (Phi) is 63.3. The van der Waals surface area contributed by atoms with Gasteiger partial charge < -0.3 is 19.4 Å². The number of carbonyl (C=O) groups is 2. The number of phosphoric ester groups is 1. The highest BCUT2D eigenvalue weighted by Gasteiger charge is 2.30. The molecule has 0 aromatic heterocycles. The van der Waals surface area contributed by atoms with Gasteiger partial charge in [0.2, 0.25) is 5.91 Å². The zero-order chi connectivity index (χ0) is 61.4. The first-order chi connectivity index (χ1) is 40.9. The number of amides is 1. The van der Waals surface area contributed by atoms with Crippen LogP contribution in [0.25, 0.3) is 0 Å². The fourth-order valence-electron chi connectivity index (χ4n) is 11.4. The highest BCUT2D eigenvalue weighted by molar-refractivity contribution is 7.47. The van der Waals surface area contributed by atoms with E-state index in [1.165, 1.54) is 295 Å². The van der Waals surface area contributed by atoms with Crippen molar-refractivity contribution in [3.05, 3.63) is 24.3 Å². The van der Waals surface area contributed by atoms with Gasteiger partial charge in [0.1, 0.15) is 19.3 Å². The summed E-state index contributed by atoms with van der Waals surface area (Å²) in [5.41, 5.74) is 0. The summed E-state index contributed by atoms with van der Waals surface area (Å²) >= 11 is 0. The summed E-state index contributed by atoms with van der Waals surface area (Å²) in [6, 6.07) is -0.844. The Bertz CT molecular complexity index is 1480. The van der Waals surface area contributed by atoms with E-state index >= 15 is 0 Å². The lowest BCUT2D eigenvalue weighted by atomic mass is 10.0. The average molecular weight is 1210 g/mol. The Morgan fingerprint density at radius 2 is 0.690 bits per heavy atom. The van der Waals surface area contributed by atoms with Gasteiger partial charge in [-0.25, -0.2) is 4.57 Å². The van der Waals surface area contributed by atoms with Crippen LogP contribution in [0.15, 0.2) is 24.3 Å². The van der Waals surface area contributed by atoms with Crippen LogP contribution in [-0.2, 0) is 27.9 Å². The van der Waals surface area contributed by atoms with Crippen LogP contribution in [-0.4, -0.2) is 74.3 Å². The predicted molar refractivity (Wildman–Crippen MR) is 365 cm³/mol. The highest BCUT2D eigenvalue weighted by atomic mass is 31.2. The minimum atomic E-state index is -4.45. The number of unbranched alkanes of at least 4 members (excludes halogenated alkanes) is 51. The second-order valence-electron chi connectivity index (χ2n) is 26.8. The predicted octanol–water partition coefficient (Wildman–Crippen LogP) is 23.6. The Hall–Kier alpha value is -1.51. The maximum Gasteiger partial charge on any atom is 0.472 e. The van der Waals surface area contributed by atoms with Crippen molar-refractivity contribution in [2.75, 3.05) is 40.9 Å². The first kappa shape index (κ1) is 82.5. The number of phosphoric acid groups is 1. The number of ether oxygens (including phenoxy) is 1. The van der Waals surface area contributed by atoms with Crippen molar-refractivity contribution in [1.82, 2.24) is 5.32 Å². The van der Waals surface area contributed by atoms with Gasteiger partial charge in [0, 0.05) is 12.8 Å². The van der Waals surface area contributed by atoms with Crippen LogP contribution in [0.5, 0.6) is 0 Å². The summed E-state index contributed by atoms with van der Waals surface area (Å²) in [4.78, 5) is 37.9. The highest BCUT2D eigenvalue weighted by Crippen LogP contribution is 2.43. The minimum absolute atomic E-state index is 0.0444. The van der Waals surface area contributed by atoms with Gasteiger partial charge in [-0.15, -0.1) is 0 Å². The lowest BCUT2D eigenvalue weighted by Gasteiger charge is -2.27. The van der Waals surface area contributed by atoms with E-state index in [0.717, 1.165) is 57.8 Å². The number of nitrogens with one attached hydrogen (secondary N) is 1. The molecule has 0 bridgehead atoms. The maximum absolute atomic E-state index is 13.6. The lowest BCUT2D eigenvalue weighted by molar-refractivity contribution is -0.870. The zero-order valence-electron chi connectivity index (χ0n) is 57.2. The molecule has 2 N–H and O–H groups in total. The van der Waals surface area contributed by atoms with Gasteiger partial charge in [-0.2, -0.15) is 0 Å². The third-order valence-electron chi connectivity index (χ3n) is 17.1. The van der Waals surface area contributed by atoms with Gasteiger partial charge in [0.05, 0.1) is 33.8 Å². The number of quaternary nitrogens is 1. The standard InChI is InChI=1S/C74H145N2O7P/c1-7-10-13-16-19-22-25-28-30-32-34-36-37-38-39-41-42-44-46-48-51-54-57-60-63-66-73(77)75-71(70-82-84(79,80)81-69-68-76(4,5)6)72(65-62-59-56-53-50-27-24-21-18-15-12-9-3)83-74(78)67-64-61-58-55-52-49-47-45-43-40-35-33-31-29-26-23-20-17-14-11-8-2/h29,31,62,65,71-72H,7-28,30,32-61,63-64,66-70H2,1-6H3,(H-,75,77,79,80)/p+1/b31-29+,65-62+. The van der Waals surface area contributed by atoms with E-state index in [2.05, 4.69) is 44.3 Å². The number of esters is 1. The minimum Gasteiger partial charge on any atom is -0.456 e. The number of carbonyl (C=O) groups excluding carboxylic acids is 2. The Morgan fingerprint density at radius 3 is 1.01 bits per heavy atom. The molecule has 0 heterocycles. The molecule has 84 heavy (non-hydrogen) atoms. The molecule has 3 atom stereocenters. The quantitative estimate of drug-likeness (QED) is 0.0205. The van der Waals surface area contributed by atoms with Crippen molar-refractivity contribution in [2.24, 2.45) is 0 Å². The van der Waals surface area contributed by atoms with Crippen molar-refractivity contribution in [1.29, 1.82) is 0 Å². The molecule has 0 fully saturated rings. The number of nitrogens with zero attached hydrogens (tertiary/aromatic N) is 1. The fraction of sp³-hybridized carbons (Fsp3) is 0.919. The zero-order valence-corrected chi connectivity index (χ0v) is 58.1. The number of hydrogen-bond acceptors (Lipinski definition) is 6. The number of rotatable bonds is 69. The summed E-state index contributed by atoms with van der Waals surface area (Å²) < 4.78 is 30.9. The fourth-order valence-corrected chi connectivity index (χ4v) is 12.1. The van der Waals surface area contributed by atoms with Gasteiger partial charge in [-0.3, -0.25) is 18.6 Å². The second kappa shape index (κ2) is 64.5. The van der Waals surface area contributed by atoms with Crippen LogP contribution in [0.1, 0.15) is 387 Å². The molecule has 0 saturated carbocycles. The van der Waals surface area contributed by atoms with Crippen LogP contribution < -0.4 is 5.32 Å². The molecule has 10 heteroatoms. The van der Waals surface area contributed by atoms with Crippen molar-refractivity contribution in [3.8, 4) is 0 Å². The van der Waals surface area contributed by atoms with Gasteiger partial charge in [-0.05, 0) is 57.4 Å². The monoisotopic (exact) mass is 1210 g/mol. The van der Waals surface area contributed by atoms with Crippen LogP contribution in [0.2, 0.25) is 0 Å². The number of likely N-dealkylation sites (N-methyl/N-ethyl adjacent to an activating group) is 1. The molecule has 0 radical (unpaired) electrons. The maximum atomic E-state index is 13.6. The van der Waals surface area contributed by atoms with Gasteiger partial charge in [0.25, 0.3) is 0 Å². The molecule has 0 aliphatic heterocycles. The number of hydrogen-bond donors (Lipinski definition) is 2. The van der Waals surface area contributed by atoms with Crippen molar-refractivity contribution in [3.63, 3.8) is 0 Å². The van der Waals surface area contributed by atoms with E-state index in [4.69, 9.17) is 13.8 Å². The van der Waals surface area contributed by atoms with Gasteiger partial charge in [0.15, 0.2) is 0 Å². The molecule has 0 aliphatic rings. The van der Waals surface area contributed by atoms with E-state index in [1.54, 1.807) is 0 Å². The molecule has 0 aliphatic carbocycles. The molecule has 0 saturated heterocycles. The van der Waals surface area contributed by atoms with Gasteiger partial charge >= 0.3 is 13.8 Å². The van der Waals surface area contributed by atoms with E-state index in [-0.39, 0.29) is 25.1 Å². The van der Waals surface area contributed by atoms with Crippen LogP contribution in [0, 0.1) is 0 Å². The second-order valence-corrected chi connectivity index (χ2v) is 28.3. The average Bonchev–Trinajstić information content (AvgIpc) is 3.65. The molecule has 0 rings (SSSR count). The van der Waals surface area contributed by atoms with Crippen molar-refractivity contribution < 1.29 is 37.3 Å². The molecular formula is C74H146N2O7P+. The molecule has 0 aromatic rings. The van der Waals surface area contributed by atoms with Crippen LogP contribution >= 0.6 is 7.82 Å². The first-order valence-electron chi connectivity index (χ1n) is 37.2. The van der Waals surface area contributed by atoms with Crippen molar-refractivity contribution in [2.45, 2.75) is 399 Å². The Labute approximate surface area is 524 Å². The summed E-state index contributed by atoms with van der Waals surface area (Å²) in [6.07, 6.45) is 79.1. The molecule has 0 spiro atoms. The van der Waals surface area contributed by atoms with E-state index in [1.807, 2.05) is 27.2 Å². The van der Waals surface area contributed by atoms with Gasteiger partial charge in [-0.1, -0.05) is 341 Å². The SMILES string of the molecule is CCCCCCCC/C=C/CCCCCCCCCCCCCC(=O)OC(/C=C/CCCCCCCCCCCC)C(COP(=O)(O)OCC[N+](C)(C)C)NC(=O)CCCCCCCCCCCCCCCCCCCCCCCCCCC. The third-order valence-corrected chi connectivity index (χ3v) is 18.1. The third kappa shape index (κ3) is 64.9. The Balaban J connectivity index is 4.98. The largest absolute Gasteiger partial charge is 0.472 e. The molecule has 0 aromatic carbocycles. The Morgan fingerprint density at radius 1 is 0.405 bits per heavy atom. The molecule has 498 valence electrons. The van der Waals surface area contributed by atoms with E-state index in [0.29, 0.717) is 23.9 Å². The van der Waals surface area contributed by atoms with E-state index < -0.39 is 20.0 Å². The summed E-state index contributed by atoms with van der Waals surface area (Å²) in [7, 11) is 1.52.